The third kappa shape index (κ3) is 6.67. The highest BCUT2D eigenvalue weighted by Crippen LogP contribution is 2.36. The van der Waals surface area contributed by atoms with Gasteiger partial charge in [-0.25, -0.2) is 14.8 Å². The van der Waals surface area contributed by atoms with Crippen molar-refractivity contribution in [2.75, 3.05) is 18.0 Å². The molecule has 2 fully saturated rings. The summed E-state index contributed by atoms with van der Waals surface area (Å²) in [5.74, 6) is 0.280. The van der Waals surface area contributed by atoms with Gasteiger partial charge in [0.15, 0.2) is 0 Å². The molecule has 2 saturated heterocycles. The van der Waals surface area contributed by atoms with Crippen molar-refractivity contribution in [3.8, 4) is 0 Å². The fourth-order valence-corrected chi connectivity index (χ4v) is 4.19. The van der Waals surface area contributed by atoms with E-state index in [1.165, 1.54) is 0 Å². The fourth-order valence-electron chi connectivity index (χ4n) is 4.19. The van der Waals surface area contributed by atoms with Crippen LogP contribution in [-0.2, 0) is 18.8 Å². The van der Waals surface area contributed by atoms with Gasteiger partial charge in [0.25, 0.3) is 0 Å². The number of anilines is 1. The summed E-state index contributed by atoms with van der Waals surface area (Å²) in [7, 11) is -0.511. The van der Waals surface area contributed by atoms with E-state index in [9.17, 15) is 9.59 Å². The minimum Gasteiger partial charge on any atom is -0.444 e. The van der Waals surface area contributed by atoms with Crippen molar-refractivity contribution in [1.82, 2.24) is 20.6 Å². The monoisotopic (exact) mass is 503 g/mol. The SMILES string of the molecule is CC(C)[C@H](NC(=O)OC(C)(C)C)C(=O)NC[C@H]1CCCN1c1ncc(B2OC(C)(C)C(C)(C)O2)cn1. The number of rotatable bonds is 7. The summed E-state index contributed by atoms with van der Waals surface area (Å²) in [5.41, 5.74) is -0.721. The van der Waals surface area contributed by atoms with Crippen molar-refractivity contribution < 1.29 is 23.6 Å². The maximum absolute atomic E-state index is 12.9. The molecule has 0 spiro atoms. The second-order valence-corrected chi connectivity index (χ2v) is 12.0. The molecule has 36 heavy (non-hydrogen) atoms. The Balaban J connectivity index is 1.59. The second-order valence-electron chi connectivity index (χ2n) is 12.0. The molecule has 1 aromatic rings. The predicted molar refractivity (Wildman–Crippen MR) is 139 cm³/mol. The van der Waals surface area contributed by atoms with E-state index in [-0.39, 0.29) is 17.9 Å². The number of hydrogen-bond donors (Lipinski definition) is 2. The van der Waals surface area contributed by atoms with Crippen molar-refractivity contribution in [1.29, 1.82) is 0 Å². The molecule has 0 aromatic carbocycles. The molecule has 0 aliphatic carbocycles. The molecule has 0 saturated carbocycles. The molecule has 200 valence electrons. The van der Waals surface area contributed by atoms with Crippen LogP contribution < -0.4 is 21.0 Å². The van der Waals surface area contributed by atoms with Crippen LogP contribution in [0.5, 0.6) is 0 Å². The summed E-state index contributed by atoms with van der Waals surface area (Å²) in [4.78, 5) is 36.4. The van der Waals surface area contributed by atoms with E-state index in [2.05, 4.69) is 25.5 Å². The molecule has 2 aliphatic heterocycles. The van der Waals surface area contributed by atoms with Gasteiger partial charge in [-0.1, -0.05) is 13.8 Å². The summed E-state index contributed by atoms with van der Waals surface area (Å²) in [6.07, 6.45) is 4.78. The minimum atomic E-state index is -0.690. The average molecular weight is 503 g/mol. The van der Waals surface area contributed by atoms with Gasteiger partial charge in [-0.3, -0.25) is 4.79 Å². The third-order valence-corrected chi connectivity index (χ3v) is 6.95. The fraction of sp³-hybridized carbons (Fsp3) is 0.760. The van der Waals surface area contributed by atoms with Gasteiger partial charge in [-0.2, -0.15) is 0 Å². The number of ether oxygens (including phenoxy) is 1. The number of hydrogen-bond acceptors (Lipinski definition) is 8. The highest BCUT2D eigenvalue weighted by Gasteiger charge is 2.52. The van der Waals surface area contributed by atoms with E-state index < -0.39 is 36.1 Å². The molecule has 2 atom stereocenters. The molecule has 2 aliphatic rings. The standard InChI is InChI=1S/C25H42BN5O5/c1-16(2)19(30-22(33)34-23(3,4)5)20(32)27-15-18-11-10-12-31(18)21-28-13-17(14-29-21)26-35-24(6,7)25(8,9)36-26/h13-14,16,18-19H,10-12,15H2,1-9H3,(H,27,32)(H,30,33)/t18-,19+/m1/s1. The van der Waals surface area contributed by atoms with Crippen molar-refractivity contribution in [2.24, 2.45) is 5.92 Å². The Hall–Kier alpha value is -2.40. The van der Waals surface area contributed by atoms with E-state index >= 15 is 0 Å². The van der Waals surface area contributed by atoms with Crippen LogP contribution in [0.2, 0.25) is 0 Å². The first-order valence-electron chi connectivity index (χ1n) is 12.8. The highest BCUT2D eigenvalue weighted by atomic mass is 16.7. The van der Waals surface area contributed by atoms with Crippen LogP contribution in [0, 0.1) is 5.92 Å². The first kappa shape index (κ1) is 28.2. The lowest BCUT2D eigenvalue weighted by Crippen LogP contribution is -2.52. The Labute approximate surface area is 215 Å². The van der Waals surface area contributed by atoms with E-state index in [4.69, 9.17) is 14.0 Å². The largest absolute Gasteiger partial charge is 0.498 e. The predicted octanol–water partition coefficient (Wildman–Crippen LogP) is 2.41. The molecular formula is C25H42BN5O5. The van der Waals surface area contributed by atoms with Gasteiger partial charge in [0.2, 0.25) is 11.9 Å². The molecule has 10 nitrogen and oxygen atoms in total. The topological polar surface area (TPSA) is 115 Å². The minimum absolute atomic E-state index is 0.0611. The second kappa shape index (κ2) is 10.5. The number of carbonyl (C=O) groups is 2. The summed E-state index contributed by atoms with van der Waals surface area (Å²) >= 11 is 0. The summed E-state index contributed by atoms with van der Waals surface area (Å²) in [5, 5.41) is 5.70. The van der Waals surface area contributed by atoms with Crippen LogP contribution in [0.15, 0.2) is 12.4 Å². The Morgan fingerprint density at radius 3 is 2.28 bits per heavy atom. The van der Waals surface area contributed by atoms with Crippen LogP contribution in [0.25, 0.3) is 0 Å². The first-order chi connectivity index (χ1) is 16.6. The van der Waals surface area contributed by atoms with E-state index in [1.54, 1.807) is 33.2 Å². The van der Waals surface area contributed by atoms with Crippen LogP contribution in [-0.4, -0.2) is 71.1 Å². The molecule has 3 rings (SSSR count). The molecule has 0 bridgehead atoms. The molecule has 0 radical (unpaired) electrons. The normalized spacial score (nSPS) is 22.0. The van der Waals surface area contributed by atoms with Gasteiger partial charge in [0.05, 0.1) is 11.2 Å². The lowest BCUT2D eigenvalue weighted by Gasteiger charge is -2.32. The zero-order chi connectivity index (χ0) is 26.9. The van der Waals surface area contributed by atoms with Crippen molar-refractivity contribution >= 4 is 30.5 Å². The summed E-state index contributed by atoms with van der Waals surface area (Å²) in [6, 6.07) is -0.629. The van der Waals surface area contributed by atoms with E-state index in [0.717, 1.165) is 24.8 Å². The molecule has 11 heteroatoms. The lowest BCUT2D eigenvalue weighted by molar-refractivity contribution is -0.124. The van der Waals surface area contributed by atoms with Crippen LogP contribution in [0.3, 0.4) is 0 Å². The van der Waals surface area contributed by atoms with Gasteiger partial charge in [0, 0.05) is 37.0 Å². The van der Waals surface area contributed by atoms with Gasteiger partial charge in [-0.15, -0.1) is 0 Å². The highest BCUT2D eigenvalue weighted by molar-refractivity contribution is 6.61. The molecule has 2 amide bonds. The maximum Gasteiger partial charge on any atom is 0.498 e. The van der Waals surface area contributed by atoms with Crippen molar-refractivity contribution in [3.63, 3.8) is 0 Å². The number of nitrogens with zero attached hydrogens (tertiary/aromatic N) is 3. The van der Waals surface area contributed by atoms with E-state index in [0.29, 0.717) is 12.5 Å². The van der Waals surface area contributed by atoms with Crippen LogP contribution in [0.1, 0.15) is 75.2 Å². The molecule has 0 unspecified atom stereocenters. The molecular weight excluding hydrogens is 461 g/mol. The smallest absolute Gasteiger partial charge is 0.444 e. The molecule has 3 heterocycles. The summed E-state index contributed by atoms with van der Waals surface area (Å²) < 4.78 is 17.5. The quantitative estimate of drug-likeness (QED) is 0.546. The molecule has 1 aromatic heterocycles. The van der Waals surface area contributed by atoms with Crippen LogP contribution >= 0.6 is 0 Å². The Kier molecular flexibility index (Phi) is 8.25. The van der Waals surface area contributed by atoms with E-state index in [1.807, 2.05) is 41.5 Å². The number of aromatic nitrogens is 2. The van der Waals surface area contributed by atoms with Gasteiger partial charge < -0.3 is 29.6 Å². The third-order valence-electron chi connectivity index (χ3n) is 6.95. The van der Waals surface area contributed by atoms with Crippen molar-refractivity contribution in [3.05, 3.63) is 12.4 Å². The number of carbonyl (C=O) groups excluding carboxylic acids is 2. The zero-order valence-electron chi connectivity index (χ0n) is 23.2. The Morgan fingerprint density at radius 2 is 1.75 bits per heavy atom. The molecule has 2 N–H and O–H groups in total. The van der Waals surface area contributed by atoms with Crippen molar-refractivity contribution in [2.45, 2.75) is 104 Å². The van der Waals surface area contributed by atoms with Gasteiger partial charge in [-0.05, 0) is 67.2 Å². The maximum atomic E-state index is 12.9. The van der Waals surface area contributed by atoms with Crippen LogP contribution in [0.4, 0.5) is 10.7 Å². The first-order valence-corrected chi connectivity index (χ1v) is 12.8. The van der Waals surface area contributed by atoms with Gasteiger partial charge in [0.1, 0.15) is 11.6 Å². The average Bonchev–Trinajstić information content (AvgIpc) is 3.30. The zero-order valence-corrected chi connectivity index (χ0v) is 23.2. The van der Waals surface area contributed by atoms with Gasteiger partial charge >= 0.3 is 13.2 Å². The number of nitrogens with one attached hydrogen (secondary N) is 2. The summed E-state index contributed by atoms with van der Waals surface area (Å²) in [6.45, 7) is 18.4. The lowest BCUT2D eigenvalue weighted by atomic mass is 9.81. The Morgan fingerprint density at radius 1 is 1.17 bits per heavy atom. The number of alkyl carbamates (subject to hydrolysis) is 1. The number of amides is 2. The Bertz CT molecular complexity index is 916.